The van der Waals surface area contributed by atoms with Crippen LogP contribution in [0.4, 0.5) is 10.1 Å². The summed E-state index contributed by atoms with van der Waals surface area (Å²) in [4.78, 5) is 30.5. The van der Waals surface area contributed by atoms with Crippen molar-refractivity contribution in [2.45, 2.75) is 6.42 Å². The first-order valence-electron chi connectivity index (χ1n) is 8.25. The summed E-state index contributed by atoms with van der Waals surface area (Å²) in [6, 6.07) is 1.08. The van der Waals surface area contributed by atoms with Crippen LogP contribution in [0.15, 0.2) is 22.2 Å². The lowest BCUT2D eigenvalue weighted by atomic mass is 10.1. The van der Waals surface area contributed by atoms with Gasteiger partial charge in [0.05, 0.1) is 17.6 Å². The summed E-state index contributed by atoms with van der Waals surface area (Å²) in [6.45, 7) is 0.974. The Bertz CT molecular complexity index is 1050. The number of ether oxygens (including phenoxy) is 1. The van der Waals surface area contributed by atoms with Gasteiger partial charge in [0.1, 0.15) is 23.9 Å². The molecule has 0 amide bonds. The summed E-state index contributed by atoms with van der Waals surface area (Å²) in [7, 11) is 3.13. The maximum Gasteiger partial charge on any atom is 0.341 e. The van der Waals surface area contributed by atoms with Gasteiger partial charge in [0, 0.05) is 26.2 Å². The zero-order valence-electron chi connectivity index (χ0n) is 14.7. The van der Waals surface area contributed by atoms with Gasteiger partial charge in [-0.2, -0.15) is 0 Å². The first kappa shape index (κ1) is 17.1. The van der Waals surface area contributed by atoms with Gasteiger partial charge in [-0.1, -0.05) is 5.16 Å². The Balaban J connectivity index is 1.98. The Morgan fingerprint density at radius 3 is 2.93 bits per heavy atom. The highest BCUT2D eigenvalue weighted by Crippen LogP contribution is 2.40. The lowest BCUT2D eigenvalue weighted by Crippen LogP contribution is -2.40. The average Bonchev–Trinajstić information content (AvgIpc) is 3.07. The molecule has 1 fully saturated rings. The van der Waals surface area contributed by atoms with Crippen LogP contribution in [0.3, 0.4) is 0 Å². The third-order valence-corrected chi connectivity index (χ3v) is 4.73. The minimum Gasteiger partial charge on any atom is -0.477 e. The molecular weight excluding hydrogens is 359 g/mol. The summed E-state index contributed by atoms with van der Waals surface area (Å²) in [5, 5.41) is 14.8. The van der Waals surface area contributed by atoms with E-state index in [1.54, 1.807) is 17.0 Å². The van der Waals surface area contributed by atoms with Crippen molar-refractivity contribution in [3.8, 4) is 5.75 Å². The van der Waals surface area contributed by atoms with Gasteiger partial charge < -0.3 is 19.6 Å². The SMILES string of the molecule is CON=C1CCN(c2c(F)cc3c(=O)c(C(=O)O)cn4c3c2OCN4C)C1. The highest BCUT2D eigenvalue weighted by atomic mass is 19.1. The van der Waals surface area contributed by atoms with Crippen molar-refractivity contribution in [2.75, 3.05) is 43.9 Å². The normalized spacial score (nSPS) is 17.5. The van der Waals surface area contributed by atoms with E-state index in [1.165, 1.54) is 18.0 Å². The summed E-state index contributed by atoms with van der Waals surface area (Å²) in [5.41, 5.74) is 0.170. The fraction of sp³-hybridized carbons (Fsp3) is 0.353. The van der Waals surface area contributed by atoms with Gasteiger partial charge in [0.25, 0.3) is 0 Å². The maximum atomic E-state index is 15.0. The maximum absolute atomic E-state index is 15.0. The van der Waals surface area contributed by atoms with Crippen molar-refractivity contribution < 1.29 is 23.9 Å². The molecule has 2 aliphatic rings. The molecule has 0 bridgehead atoms. The second-order valence-corrected chi connectivity index (χ2v) is 6.40. The van der Waals surface area contributed by atoms with Gasteiger partial charge in [-0.15, -0.1) is 0 Å². The second kappa shape index (κ2) is 6.15. The lowest BCUT2D eigenvalue weighted by molar-refractivity contribution is 0.0694. The molecule has 0 radical (unpaired) electrons. The van der Waals surface area contributed by atoms with Crippen molar-refractivity contribution in [1.82, 2.24) is 4.68 Å². The third-order valence-electron chi connectivity index (χ3n) is 4.73. The average molecular weight is 376 g/mol. The molecule has 1 aromatic carbocycles. The van der Waals surface area contributed by atoms with E-state index < -0.39 is 22.8 Å². The molecule has 9 nitrogen and oxygen atoms in total. The molecule has 27 heavy (non-hydrogen) atoms. The van der Waals surface area contributed by atoms with E-state index in [2.05, 4.69) is 5.16 Å². The van der Waals surface area contributed by atoms with Gasteiger partial charge in [-0.05, 0) is 6.07 Å². The molecule has 0 aliphatic carbocycles. The molecule has 0 spiro atoms. The molecule has 142 valence electrons. The van der Waals surface area contributed by atoms with Crippen molar-refractivity contribution >= 4 is 28.3 Å². The number of carbonyl (C=O) groups is 1. The van der Waals surface area contributed by atoms with Gasteiger partial charge in [-0.3, -0.25) is 14.5 Å². The summed E-state index contributed by atoms with van der Waals surface area (Å²) >= 11 is 0. The number of oxime groups is 1. The van der Waals surface area contributed by atoms with Gasteiger partial charge in [-0.25, -0.2) is 9.18 Å². The number of hydrogen-bond acceptors (Lipinski definition) is 7. The van der Waals surface area contributed by atoms with Crippen molar-refractivity contribution in [3.63, 3.8) is 0 Å². The molecule has 1 aromatic heterocycles. The summed E-state index contributed by atoms with van der Waals surface area (Å²) in [6.07, 6.45) is 1.86. The number of pyridine rings is 1. The van der Waals surface area contributed by atoms with E-state index in [0.29, 0.717) is 25.0 Å². The lowest BCUT2D eigenvalue weighted by Gasteiger charge is -2.33. The smallest absolute Gasteiger partial charge is 0.341 e. The van der Waals surface area contributed by atoms with E-state index in [4.69, 9.17) is 9.57 Å². The molecule has 1 N–H and O–H groups in total. The van der Waals surface area contributed by atoms with E-state index >= 15 is 0 Å². The molecule has 1 saturated heterocycles. The molecule has 2 aliphatic heterocycles. The number of halogens is 1. The number of rotatable bonds is 3. The number of carboxylic acids is 1. The van der Waals surface area contributed by atoms with Crippen LogP contribution in [-0.2, 0) is 4.84 Å². The van der Waals surface area contributed by atoms with E-state index in [1.807, 2.05) is 0 Å². The highest BCUT2D eigenvalue weighted by molar-refractivity contribution is 5.99. The molecule has 2 aromatic rings. The van der Waals surface area contributed by atoms with Crippen molar-refractivity contribution in [1.29, 1.82) is 0 Å². The van der Waals surface area contributed by atoms with Crippen LogP contribution >= 0.6 is 0 Å². The summed E-state index contributed by atoms with van der Waals surface area (Å²) < 4.78 is 22.3. The predicted octanol–water partition coefficient (Wildman–Crippen LogP) is 0.969. The van der Waals surface area contributed by atoms with Crippen LogP contribution < -0.4 is 20.1 Å². The number of anilines is 1. The molecule has 4 rings (SSSR count). The van der Waals surface area contributed by atoms with Crippen LogP contribution in [-0.4, -0.2) is 55.4 Å². The van der Waals surface area contributed by atoms with Crippen LogP contribution in [0.25, 0.3) is 10.9 Å². The predicted molar refractivity (Wildman–Crippen MR) is 96.0 cm³/mol. The van der Waals surface area contributed by atoms with Crippen LogP contribution in [0.1, 0.15) is 16.8 Å². The van der Waals surface area contributed by atoms with Crippen LogP contribution in [0, 0.1) is 5.82 Å². The van der Waals surface area contributed by atoms with Gasteiger partial charge in [0.2, 0.25) is 5.43 Å². The van der Waals surface area contributed by atoms with Crippen LogP contribution in [0.5, 0.6) is 5.75 Å². The Kier molecular flexibility index (Phi) is 3.90. The largest absolute Gasteiger partial charge is 0.477 e. The molecule has 0 unspecified atom stereocenters. The van der Waals surface area contributed by atoms with Crippen LogP contribution in [0.2, 0.25) is 0 Å². The Labute approximate surface area is 152 Å². The summed E-state index contributed by atoms with van der Waals surface area (Å²) in [5.74, 6) is -1.79. The minimum atomic E-state index is -1.36. The monoisotopic (exact) mass is 376 g/mol. The fourth-order valence-corrected chi connectivity index (χ4v) is 3.51. The zero-order chi connectivity index (χ0) is 19.3. The molecule has 3 heterocycles. The number of hydrogen-bond donors (Lipinski definition) is 1. The number of aromatic carboxylic acids is 1. The molecule has 10 heteroatoms. The Morgan fingerprint density at radius 2 is 2.22 bits per heavy atom. The fourth-order valence-electron chi connectivity index (χ4n) is 3.51. The second-order valence-electron chi connectivity index (χ2n) is 6.40. The van der Waals surface area contributed by atoms with E-state index in [9.17, 15) is 19.1 Å². The first-order chi connectivity index (χ1) is 12.9. The highest BCUT2D eigenvalue weighted by Gasteiger charge is 2.31. The topological polar surface area (TPSA) is 96.6 Å². The number of benzene rings is 1. The quantitative estimate of drug-likeness (QED) is 0.798. The third kappa shape index (κ3) is 2.56. The molecular formula is C17H17FN4O5. The van der Waals surface area contributed by atoms with E-state index in [0.717, 1.165) is 11.8 Å². The Hall–Kier alpha value is -3.30. The number of nitrogens with zero attached hydrogens (tertiary/aromatic N) is 4. The van der Waals surface area contributed by atoms with Crippen molar-refractivity contribution in [2.24, 2.45) is 5.16 Å². The minimum absolute atomic E-state index is 0.0392. The molecule has 0 saturated carbocycles. The van der Waals surface area contributed by atoms with Gasteiger partial charge >= 0.3 is 5.97 Å². The van der Waals surface area contributed by atoms with Crippen molar-refractivity contribution in [3.05, 3.63) is 33.9 Å². The number of aromatic nitrogens is 1. The number of carboxylic acid groups (broad SMARTS) is 1. The van der Waals surface area contributed by atoms with Gasteiger partial charge in [0.15, 0.2) is 18.3 Å². The zero-order valence-corrected chi connectivity index (χ0v) is 14.7. The molecule has 0 atom stereocenters. The Morgan fingerprint density at radius 1 is 1.44 bits per heavy atom. The van der Waals surface area contributed by atoms with E-state index in [-0.39, 0.29) is 23.6 Å². The first-order valence-corrected chi connectivity index (χ1v) is 8.25. The standard InChI is InChI=1S/C17H17FN4O5/c1-20-8-27-16-13-10(15(23)11(17(24)25)7-22(13)20)5-12(18)14(16)21-4-3-9(6-21)19-26-2/h5,7H,3-4,6,8H2,1-2H3,(H,24,25).